The highest BCUT2D eigenvalue weighted by Gasteiger charge is 2.25. The third-order valence-electron chi connectivity index (χ3n) is 6.24. The third-order valence-corrected chi connectivity index (χ3v) is 7.46. The Balaban J connectivity index is 2.31. The van der Waals surface area contributed by atoms with E-state index in [1.54, 1.807) is 20.8 Å². The van der Waals surface area contributed by atoms with Gasteiger partial charge in [0.2, 0.25) is 11.8 Å². The molecule has 0 aliphatic rings. The van der Waals surface area contributed by atoms with E-state index in [2.05, 4.69) is 41.9 Å². The molecule has 1 unspecified atom stereocenters. The molecule has 0 radical (unpaired) electrons. The van der Waals surface area contributed by atoms with Crippen molar-refractivity contribution >= 4 is 39.5 Å². The molecule has 0 saturated carbocycles. The van der Waals surface area contributed by atoms with E-state index in [-0.39, 0.29) is 31.9 Å². The lowest BCUT2D eigenvalue weighted by molar-refractivity contribution is -0.124. The molecule has 15 nitrogen and oxygen atoms in total. The van der Waals surface area contributed by atoms with Crippen LogP contribution in [0.1, 0.15) is 50.3 Å². The van der Waals surface area contributed by atoms with Gasteiger partial charge in [-0.05, 0) is 70.2 Å². The molecule has 1 aromatic carbocycles. The number of aryl methyl sites for hydroxylation is 2. The van der Waals surface area contributed by atoms with Crippen LogP contribution in [0.4, 0.5) is 10.5 Å². The molecule has 0 bridgehead atoms. The van der Waals surface area contributed by atoms with Gasteiger partial charge in [-0.25, -0.2) is 4.79 Å². The minimum absolute atomic E-state index is 0.000936. The van der Waals surface area contributed by atoms with E-state index in [1.165, 1.54) is 0 Å². The molecule has 47 heavy (non-hydrogen) atoms. The Morgan fingerprint density at radius 2 is 1.40 bits per heavy atom. The van der Waals surface area contributed by atoms with Crippen LogP contribution in [-0.4, -0.2) is 109 Å². The zero-order valence-electron chi connectivity index (χ0n) is 28.4. The van der Waals surface area contributed by atoms with Crippen LogP contribution in [-0.2, 0) is 38.0 Å². The molecule has 3 amide bonds. The first-order chi connectivity index (χ1) is 22.4. The van der Waals surface area contributed by atoms with Crippen LogP contribution in [0.3, 0.4) is 0 Å². The number of nitrogens with one attached hydrogen (secondary N) is 3. The summed E-state index contributed by atoms with van der Waals surface area (Å²) in [5, 5.41) is 11.6. The van der Waals surface area contributed by atoms with Crippen LogP contribution in [0, 0.1) is 20.8 Å². The number of nitrogens with zero attached hydrogens (tertiary/aromatic N) is 3. The van der Waals surface area contributed by atoms with Crippen LogP contribution in [0.2, 0.25) is 0 Å². The first kappa shape index (κ1) is 42.0. The van der Waals surface area contributed by atoms with E-state index >= 15 is 0 Å². The molecule has 0 aromatic heterocycles. The monoisotopic (exact) mass is 730 g/mol. The highest BCUT2D eigenvalue weighted by Crippen LogP contribution is 2.31. The van der Waals surface area contributed by atoms with E-state index in [9.17, 15) is 14.4 Å². The molecule has 3 N–H and O–H groups in total. The minimum atomic E-state index is -0.986. The normalized spacial score (nSPS) is 11.8. The Morgan fingerprint density at radius 1 is 0.872 bits per heavy atom. The molecule has 0 spiro atoms. The second-order valence-corrected chi connectivity index (χ2v) is 12.2. The summed E-state index contributed by atoms with van der Waals surface area (Å²) in [6.07, 6.45) is -0.680. The molecule has 16 heteroatoms. The topological polar surface area (TPSA) is 191 Å². The van der Waals surface area contributed by atoms with Crippen LogP contribution >= 0.6 is 15.9 Å². The first-order valence-corrected chi connectivity index (χ1v) is 16.4. The number of hydrogen-bond donors (Lipinski definition) is 3. The number of alkyl carbamates (subject to hydrolysis) is 1. The summed E-state index contributed by atoms with van der Waals surface area (Å²) in [6, 6.07) is 0.994. The predicted octanol–water partition coefficient (Wildman–Crippen LogP) is 4.50. The Bertz CT molecular complexity index is 1160. The number of anilines is 1. The lowest BCUT2D eigenvalue weighted by Crippen LogP contribution is -2.49. The van der Waals surface area contributed by atoms with Crippen LogP contribution in [0.15, 0.2) is 15.7 Å². The van der Waals surface area contributed by atoms with Crippen LogP contribution in [0.5, 0.6) is 0 Å². The molecule has 0 heterocycles. The fraction of sp³-hybridized carbons (Fsp3) is 0.710. The molecule has 0 aliphatic heterocycles. The zero-order chi connectivity index (χ0) is 35.1. The van der Waals surface area contributed by atoms with Crippen molar-refractivity contribution in [2.75, 3.05) is 84.5 Å². The van der Waals surface area contributed by atoms with Crippen molar-refractivity contribution in [3.8, 4) is 0 Å². The molecule has 1 rings (SSSR count). The maximum Gasteiger partial charge on any atom is 0.408 e. The Hall–Kier alpha value is -2.98. The van der Waals surface area contributed by atoms with Gasteiger partial charge in [0.15, 0.2) is 0 Å². The smallest absolute Gasteiger partial charge is 0.408 e. The summed E-state index contributed by atoms with van der Waals surface area (Å²) in [5.41, 5.74) is 11.0. The van der Waals surface area contributed by atoms with Gasteiger partial charge in [0.1, 0.15) is 11.6 Å². The number of rotatable bonds is 24. The first-order valence-electron chi connectivity index (χ1n) is 15.6. The third kappa shape index (κ3) is 20.1. The van der Waals surface area contributed by atoms with Crippen molar-refractivity contribution in [1.29, 1.82) is 0 Å². The van der Waals surface area contributed by atoms with E-state index in [1.807, 2.05) is 26.8 Å². The summed E-state index contributed by atoms with van der Waals surface area (Å²) < 4.78 is 33.2. The summed E-state index contributed by atoms with van der Waals surface area (Å²) in [7, 11) is 0. The molecule has 1 atom stereocenters. The Labute approximate surface area is 285 Å². The molecule has 266 valence electrons. The lowest BCUT2D eigenvalue weighted by atomic mass is 10.0. The maximum absolute atomic E-state index is 12.9. The number of halogens is 1. The van der Waals surface area contributed by atoms with Crippen molar-refractivity contribution in [3.63, 3.8) is 0 Å². The van der Waals surface area contributed by atoms with Gasteiger partial charge in [-0.15, -0.1) is 0 Å². The zero-order valence-corrected chi connectivity index (χ0v) is 30.0. The molecular weight excluding hydrogens is 680 g/mol. The van der Waals surface area contributed by atoms with Crippen molar-refractivity contribution in [1.82, 2.24) is 10.6 Å². The van der Waals surface area contributed by atoms with E-state index < -0.39 is 23.6 Å². The molecule has 1 aromatic rings. The van der Waals surface area contributed by atoms with Crippen LogP contribution in [0.25, 0.3) is 10.4 Å². The highest BCUT2D eigenvalue weighted by atomic mass is 79.9. The quantitative estimate of drug-likeness (QED) is 0.0595. The molecule has 0 saturated heterocycles. The summed E-state index contributed by atoms with van der Waals surface area (Å²) in [5.74, 6) is -0.729. The SMILES string of the molecule is Cc1cc(C)c(NC(=O)CCC(NC(=O)OC(C)(C)C)C(=O)NCCOCCOCCOCCOCCOCCN=[N+]=[N-])c(C)c1Br. The van der Waals surface area contributed by atoms with Gasteiger partial charge in [-0.2, -0.15) is 0 Å². The molecule has 0 fully saturated rings. The van der Waals surface area contributed by atoms with Crippen LogP contribution < -0.4 is 16.0 Å². The number of carbonyl (C=O) groups is 3. The fourth-order valence-corrected chi connectivity index (χ4v) is 4.36. The van der Waals surface area contributed by atoms with Crippen molar-refractivity contribution in [2.45, 2.75) is 66.0 Å². The van der Waals surface area contributed by atoms with E-state index in [0.29, 0.717) is 71.7 Å². The fourth-order valence-electron chi connectivity index (χ4n) is 4.05. The standard InChI is InChI=1S/C31H51BrN6O9/c1-22-21-23(2)28(24(3)27(22)32)37-26(39)8-7-25(36-30(41)47-31(4,5)6)29(40)34-9-11-42-13-15-44-17-19-46-20-18-45-16-14-43-12-10-35-38-33/h21,25H,7-20H2,1-6H3,(H,34,40)(H,36,41)(H,37,39). The predicted molar refractivity (Wildman–Crippen MR) is 180 cm³/mol. The minimum Gasteiger partial charge on any atom is -0.444 e. The molecular formula is C31H51BrN6O9. The summed E-state index contributed by atoms with van der Waals surface area (Å²) >= 11 is 3.56. The molecule has 0 aliphatic carbocycles. The summed E-state index contributed by atoms with van der Waals surface area (Å²) in [4.78, 5) is 40.8. The Morgan fingerprint density at radius 3 is 1.94 bits per heavy atom. The van der Waals surface area contributed by atoms with Gasteiger partial charge < -0.3 is 44.4 Å². The van der Waals surface area contributed by atoms with Gasteiger partial charge in [0.05, 0.1) is 66.1 Å². The van der Waals surface area contributed by atoms with E-state index in [4.69, 9.17) is 34.0 Å². The van der Waals surface area contributed by atoms with Gasteiger partial charge >= 0.3 is 6.09 Å². The Kier molecular flexibility index (Phi) is 21.7. The van der Waals surface area contributed by atoms with Crippen molar-refractivity contribution in [3.05, 3.63) is 37.7 Å². The van der Waals surface area contributed by atoms with E-state index in [0.717, 1.165) is 21.2 Å². The number of amides is 3. The maximum atomic E-state index is 12.9. The average molecular weight is 732 g/mol. The largest absolute Gasteiger partial charge is 0.444 e. The van der Waals surface area contributed by atoms with Gasteiger partial charge in [0, 0.05) is 34.6 Å². The number of hydrogen-bond acceptors (Lipinski definition) is 10. The number of ether oxygens (including phenoxy) is 6. The summed E-state index contributed by atoms with van der Waals surface area (Å²) in [6.45, 7) is 15.3. The number of benzene rings is 1. The van der Waals surface area contributed by atoms with Crippen molar-refractivity contribution in [2.24, 2.45) is 5.11 Å². The van der Waals surface area contributed by atoms with Gasteiger partial charge in [-0.3, -0.25) is 9.59 Å². The van der Waals surface area contributed by atoms with Crippen molar-refractivity contribution < 1.29 is 42.8 Å². The number of azide groups is 1. The average Bonchev–Trinajstić information content (AvgIpc) is 3.00. The number of carbonyl (C=O) groups excluding carboxylic acids is 3. The lowest BCUT2D eigenvalue weighted by Gasteiger charge is -2.23. The van der Waals surface area contributed by atoms with Gasteiger partial charge in [0.25, 0.3) is 0 Å². The second kappa shape index (κ2) is 24.2. The highest BCUT2D eigenvalue weighted by molar-refractivity contribution is 9.10. The second-order valence-electron chi connectivity index (χ2n) is 11.4. The van der Waals surface area contributed by atoms with Gasteiger partial charge in [-0.1, -0.05) is 27.1 Å².